The molecule has 0 spiro atoms. The smallest absolute Gasteiger partial charge is 0.251 e. The predicted molar refractivity (Wildman–Crippen MR) is 133 cm³/mol. The van der Waals surface area contributed by atoms with Gasteiger partial charge in [-0.15, -0.1) is 0 Å². The van der Waals surface area contributed by atoms with E-state index in [9.17, 15) is 13.2 Å². The van der Waals surface area contributed by atoms with E-state index in [4.69, 9.17) is 4.74 Å². The van der Waals surface area contributed by atoms with Crippen molar-refractivity contribution in [3.05, 3.63) is 64.7 Å². The van der Waals surface area contributed by atoms with Crippen LogP contribution in [0.3, 0.4) is 0 Å². The Kier molecular flexibility index (Phi) is 8.92. The number of para-hydroxylation sites is 1. The summed E-state index contributed by atoms with van der Waals surface area (Å²) in [6.07, 6.45) is 8.52. The molecule has 1 aliphatic carbocycles. The number of carbonyl (C=O) groups is 1. The molecule has 2 aromatic carbocycles. The molecule has 0 aromatic heterocycles. The highest BCUT2D eigenvalue weighted by molar-refractivity contribution is 7.92. The third kappa shape index (κ3) is 7.30. The van der Waals surface area contributed by atoms with Gasteiger partial charge in [-0.05, 0) is 61.9 Å². The van der Waals surface area contributed by atoms with E-state index in [2.05, 4.69) is 5.32 Å². The molecule has 0 unspecified atom stereocenters. The Bertz CT molecular complexity index is 1010. The van der Waals surface area contributed by atoms with Crippen LogP contribution in [0.5, 0.6) is 0 Å². The summed E-state index contributed by atoms with van der Waals surface area (Å²) in [5.74, 6) is -0.131. The van der Waals surface area contributed by atoms with Crippen LogP contribution < -0.4 is 9.62 Å². The Morgan fingerprint density at radius 2 is 1.67 bits per heavy atom. The molecule has 7 heteroatoms. The lowest BCUT2D eigenvalue weighted by Gasteiger charge is -2.26. The second kappa shape index (κ2) is 11.7. The van der Waals surface area contributed by atoms with Crippen molar-refractivity contribution < 1.29 is 17.9 Å². The van der Waals surface area contributed by atoms with E-state index in [1.807, 2.05) is 44.2 Å². The average Bonchev–Trinajstić information content (AvgIpc) is 2.78. The van der Waals surface area contributed by atoms with Gasteiger partial charge < -0.3 is 10.1 Å². The third-order valence-corrected chi connectivity index (χ3v) is 7.26. The Balaban J connectivity index is 1.54. The number of aryl methyl sites for hydroxylation is 2. The van der Waals surface area contributed by atoms with Gasteiger partial charge in [0.2, 0.25) is 10.0 Å². The Morgan fingerprint density at radius 3 is 2.27 bits per heavy atom. The molecule has 2 aromatic rings. The van der Waals surface area contributed by atoms with Crippen molar-refractivity contribution in [2.75, 3.05) is 23.7 Å². The van der Waals surface area contributed by atoms with E-state index in [0.29, 0.717) is 30.5 Å². The molecular formula is C26H36N2O4S. The molecule has 33 heavy (non-hydrogen) atoms. The van der Waals surface area contributed by atoms with Gasteiger partial charge in [0.25, 0.3) is 5.91 Å². The van der Waals surface area contributed by atoms with Crippen molar-refractivity contribution in [3.63, 3.8) is 0 Å². The second-order valence-electron chi connectivity index (χ2n) is 8.95. The number of ether oxygens (including phenoxy) is 1. The standard InChI is InChI=1S/C26H36N2O4S/c1-20-9-7-10-21(2)25(20)28(33(3,30)31)19-22-13-15-23(16-14-22)26(29)27-17-8-18-32-24-11-5-4-6-12-24/h7,9-10,13-16,24H,4-6,8,11-12,17-19H2,1-3H3,(H,27,29). The van der Waals surface area contributed by atoms with Crippen LogP contribution in [0, 0.1) is 13.8 Å². The fourth-order valence-electron chi connectivity index (χ4n) is 4.35. The number of hydrogen-bond acceptors (Lipinski definition) is 4. The quantitative estimate of drug-likeness (QED) is 0.507. The van der Waals surface area contributed by atoms with Gasteiger partial charge in [0.15, 0.2) is 0 Å². The molecule has 0 aliphatic heterocycles. The summed E-state index contributed by atoms with van der Waals surface area (Å²) in [4.78, 5) is 12.5. The minimum absolute atomic E-state index is 0.131. The van der Waals surface area contributed by atoms with Crippen LogP contribution in [-0.4, -0.2) is 39.8 Å². The van der Waals surface area contributed by atoms with E-state index in [1.54, 1.807) is 12.1 Å². The van der Waals surface area contributed by atoms with Gasteiger partial charge in [-0.25, -0.2) is 8.42 Å². The average molecular weight is 473 g/mol. The molecule has 1 fully saturated rings. The van der Waals surface area contributed by atoms with Gasteiger partial charge in [-0.3, -0.25) is 9.10 Å². The molecule has 6 nitrogen and oxygen atoms in total. The number of nitrogens with one attached hydrogen (secondary N) is 1. The Hall–Kier alpha value is -2.38. The molecule has 0 bridgehead atoms. The summed E-state index contributed by atoms with van der Waals surface area (Å²) in [6.45, 7) is 5.28. The number of hydrogen-bond donors (Lipinski definition) is 1. The molecule has 1 N–H and O–H groups in total. The fourth-order valence-corrected chi connectivity index (χ4v) is 5.35. The van der Waals surface area contributed by atoms with Gasteiger partial charge >= 0.3 is 0 Å². The Labute approximate surface area is 198 Å². The van der Waals surface area contributed by atoms with Crippen molar-refractivity contribution in [1.29, 1.82) is 0 Å². The van der Waals surface area contributed by atoms with Crippen molar-refractivity contribution in [2.24, 2.45) is 0 Å². The maximum Gasteiger partial charge on any atom is 0.251 e. The van der Waals surface area contributed by atoms with Crippen molar-refractivity contribution in [1.82, 2.24) is 5.32 Å². The molecule has 1 aliphatic rings. The number of amides is 1. The topological polar surface area (TPSA) is 75.7 Å². The predicted octanol–water partition coefficient (Wildman–Crippen LogP) is 4.74. The zero-order valence-corrected chi connectivity index (χ0v) is 20.8. The highest BCUT2D eigenvalue weighted by Crippen LogP contribution is 2.28. The summed E-state index contributed by atoms with van der Waals surface area (Å²) in [7, 11) is -3.47. The highest BCUT2D eigenvalue weighted by atomic mass is 32.2. The van der Waals surface area contributed by atoms with Crippen LogP contribution in [0.2, 0.25) is 0 Å². The first-order chi connectivity index (χ1) is 15.8. The normalized spacial score (nSPS) is 14.8. The van der Waals surface area contributed by atoms with Gasteiger partial charge in [0, 0.05) is 18.7 Å². The minimum Gasteiger partial charge on any atom is -0.378 e. The lowest BCUT2D eigenvalue weighted by atomic mass is 9.98. The molecule has 0 heterocycles. The van der Waals surface area contributed by atoms with E-state index >= 15 is 0 Å². The number of rotatable bonds is 10. The minimum atomic E-state index is -3.47. The van der Waals surface area contributed by atoms with Crippen molar-refractivity contribution >= 4 is 21.6 Å². The number of sulfonamides is 1. The van der Waals surface area contributed by atoms with Gasteiger partial charge in [-0.1, -0.05) is 49.6 Å². The summed E-state index contributed by atoms with van der Waals surface area (Å²) in [5.41, 5.74) is 3.90. The highest BCUT2D eigenvalue weighted by Gasteiger charge is 2.21. The SMILES string of the molecule is Cc1cccc(C)c1N(Cc1ccc(C(=O)NCCCOC2CCCCC2)cc1)S(C)(=O)=O. The van der Waals surface area contributed by atoms with Crippen LogP contribution in [0.4, 0.5) is 5.69 Å². The molecule has 0 atom stereocenters. The van der Waals surface area contributed by atoms with Crippen molar-refractivity contribution in [2.45, 2.75) is 65.0 Å². The number of benzene rings is 2. The zero-order chi connectivity index (χ0) is 23.8. The van der Waals surface area contributed by atoms with Gasteiger partial charge in [0.05, 0.1) is 24.6 Å². The summed E-state index contributed by atoms with van der Waals surface area (Å²) in [6, 6.07) is 12.9. The molecular weight excluding hydrogens is 436 g/mol. The Morgan fingerprint density at radius 1 is 1.03 bits per heavy atom. The molecule has 1 saturated carbocycles. The fraction of sp³-hybridized carbons (Fsp3) is 0.500. The van der Waals surface area contributed by atoms with Gasteiger partial charge in [-0.2, -0.15) is 0 Å². The first-order valence-electron chi connectivity index (χ1n) is 11.8. The summed E-state index contributed by atoms with van der Waals surface area (Å²) >= 11 is 0. The van der Waals surface area contributed by atoms with Crippen LogP contribution in [0.25, 0.3) is 0 Å². The monoisotopic (exact) mass is 472 g/mol. The van der Waals surface area contributed by atoms with Gasteiger partial charge in [0.1, 0.15) is 0 Å². The first-order valence-corrected chi connectivity index (χ1v) is 13.6. The lowest BCUT2D eigenvalue weighted by Crippen LogP contribution is -2.30. The second-order valence-corrected chi connectivity index (χ2v) is 10.9. The molecule has 0 radical (unpaired) electrons. The zero-order valence-electron chi connectivity index (χ0n) is 20.0. The maximum absolute atomic E-state index is 12.5. The number of carbonyl (C=O) groups excluding carboxylic acids is 1. The molecule has 3 rings (SSSR count). The maximum atomic E-state index is 12.5. The number of anilines is 1. The molecule has 0 saturated heterocycles. The van der Waals surface area contributed by atoms with E-state index in [0.717, 1.165) is 36.0 Å². The summed E-state index contributed by atoms with van der Waals surface area (Å²) in [5, 5.41) is 2.94. The van der Waals surface area contributed by atoms with Crippen LogP contribution in [0.1, 0.15) is 65.6 Å². The molecule has 180 valence electrons. The van der Waals surface area contributed by atoms with Crippen LogP contribution in [-0.2, 0) is 21.3 Å². The van der Waals surface area contributed by atoms with Crippen LogP contribution >= 0.6 is 0 Å². The van der Waals surface area contributed by atoms with Crippen LogP contribution in [0.15, 0.2) is 42.5 Å². The summed E-state index contributed by atoms with van der Waals surface area (Å²) < 4.78 is 32.4. The molecule has 1 amide bonds. The van der Waals surface area contributed by atoms with E-state index in [1.165, 1.54) is 29.8 Å². The third-order valence-electron chi connectivity index (χ3n) is 6.14. The van der Waals surface area contributed by atoms with Crippen molar-refractivity contribution in [3.8, 4) is 0 Å². The van der Waals surface area contributed by atoms with E-state index < -0.39 is 10.0 Å². The van der Waals surface area contributed by atoms with E-state index in [-0.39, 0.29) is 12.5 Å². The lowest BCUT2D eigenvalue weighted by molar-refractivity contribution is 0.0273. The largest absolute Gasteiger partial charge is 0.378 e. The number of nitrogens with zero attached hydrogens (tertiary/aromatic N) is 1. The first kappa shape index (κ1) is 25.2.